The van der Waals surface area contributed by atoms with Gasteiger partial charge in [0.25, 0.3) is 0 Å². The van der Waals surface area contributed by atoms with E-state index in [1.807, 2.05) is 42.5 Å². The number of anilines is 3. The number of carbonyl (C=O) groups is 1. The van der Waals surface area contributed by atoms with Gasteiger partial charge < -0.3 is 25.4 Å². The van der Waals surface area contributed by atoms with Crippen LogP contribution in [0.3, 0.4) is 0 Å². The van der Waals surface area contributed by atoms with Gasteiger partial charge in [0.15, 0.2) is 17.3 Å². The zero-order valence-corrected chi connectivity index (χ0v) is 19.9. The van der Waals surface area contributed by atoms with Gasteiger partial charge in [0.2, 0.25) is 5.91 Å². The summed E-state index contributed by atoms with van der Waals surface area (Å²) in [7, 11) is 0. The highest BCUT2D eigenvalue weighted by molar-refractivity contribution is 7.13. The third-order valence-corrected chi connectivity index (χ3v) is 6.43. The molecule has 34 heavy (non-hydrogen) atoms. The predicted molar refractivity (Wildman–Crippen MR) is 136 cm³/mol. The molecule has 2 aromatic heterocycles. The molecule has 0 atom stereocenters. The van der Waals surface area contributed by atoms with E-state index in [0.29, 0.717) is 37.1 Å². The summed E-state index contributed by atoms with van der Waals surface area (Å²) in [4.78, 5) is 15.6. The molecule has 0 spiro atoms. The Morgan fingerprint density at radius 3 is 2.82 bits per heavy atom. The smallest absolute Gasteiger partial charge is 0.216 e. The highest BCUT2D eigenvalue weighted by Gasteiger charge is 2.16. The molecule has 3 N–H and O–H groups in total. The van der Waals surface area contributed by atoms with Crippen molar-refractivity contribution in [2.24, 2.45) is 0 Å². The van der Waals surface area contributed by atoms with Crippen molar-refractivity contribution in [1.29, 1.82) is 0 Å². The van der Waals surface area contributed by atoms with Gasteiger partial charge in [0.1, 0.15) is 18.7 Å². The van der Waals surface area contributed by atoms with Gasteiger partial charge in [0.05, 0.1) is 27.3 Å². The van der Waals surface area contributed by atoms with Crippen LogP contribution in [-0.4, -0.2) is 41.6 Å². The molecule has 0 saturated heterocycles. The second-order valence-corrected chi connectivity index (χ2v) is 8.85. The minimum atomic E-state index is -0.0507. The average molecular weight is 496 g/mol. The van der Waals surface area contributed by atoms with Crippen LogP contribution in [0.4, 0.5) is 17.2 Å². The van der Waals surface area contributed by atoms with Gasteiger partial charge in [-0.3, -0.25) is 4.79 Å². The van der Waals surface area contributed by atoms with Crippen molar-refractivity contribution in [3.8, 4) is 22.6 Å². The number of fused-ring (bicyclic) bond motifs is 2. The average Bonchev–Trinajstić information content (AvgIpc) is 3.24. The molecule has 10 heteroatoms. The molecule has 1 amide bonds. The summed E-state index contributed by atoms with van der Waals surface area (Å²) in [5.41, 5.74) is 4.18. The van der Waals surface area contributed by atoms with Gasteiger partial charge in [-0.2, -0.15) is 4.37 Å². The number of amides is 1. The van der Waals surface area contributed by atoms with E-state index in [2.05, 4.69) is 25.3 Å². The molecule has 0 bridgehead atoms. The largest absolute Gasteiger partial charge is 0.486 e. The first-order valence-corrected chi connectivity index (χ1v) is 11.9. The molecule has 0 fully saturated rings. The van der Waals surface area contributed by atoms with E-state index in [0.717, 1.165) is 44.2 Å². The van der Waals surface area contributed by atoms with Crippen LogP contribution in [-0.2, 0) is 4.79 Å². The van der Waals surface area contributed by atoms with Crippen molar-refractivity contribution >= 4 is 56.4 Å². The number of hydrogen-bond acceptors (Lipinski definition) is 8. The Labute approximate surface area is 205 Å². The van der Waals surface area contributed by atoms with Crippen LogP contribution in [0, 0.1) is 0 Å². The maximum Gasteiger partial charge on any atom is 0.216 e. The Morgan fingerprint density at radius 2 is 1.97 bits per heavy atom. The highest BCUT2D eigenvalue weighted by Crippen LogP contribution is 2.40. The Bertz CT molecular complexity index is 1360. The molecule has 0 saturated carbocycles. The van der Waals surface area contributed by atoms with Crippen LogP contribution in [0.5, 0.6) is 11.5 Å². The van der Waals surface area contributed by atoms with Crippen molar-refractivity contribution in [3.63, 3.8) is 0 Å². The summed E-state index contributed by atoms with van der Waals surface area (Å²) in [5, 5.41) is 9.92. The molecule has 5 rings (SSSR count). The number of pyridine rings is 1. The second kappa shape index (κ2) is 9.74. The van der Waals surface area contributed by atoms with Crippen molar-refractivity contribution in [2.45, 2.75) is 6.92 Å². The number of nitrogens with one attached hydrogen (secondary N) is 3. The molecule has 0 aliphatic carbocycles. The Hall–Kier alpha value is -3.56. The van der Waals surface area contributed by atoms with Gasteiger partial charge in [-0.25, -0.2) is 4.98 Å². The first-order chi connectivity index (χ1) is 16.6. The van der Waals surface area contributed by atoms with Gasteiger partial charge in [-0.05, 0) is 41.4 Å². The Balaban J connectivity index is 1.35. The molecule has 2 aromatic carbocycles. The fraction of sp³-hybridized carbons (Fsp3) is 0.208. The number of halogens is 1. The lowest BCUT2D eigenvalue weighted by molar-refractivity contribution is -0.118. The van der Waals surface area contributed by atoms with E-state index in [1.54, 1.807) is 6.20 Å². The van der Waals surface area contributed by atoms with E-state index >= 15 is 0 Å². The summed E-state index contributed by atoms with van der Waals surface area (Å²) in [6, 6.07) is 13.6. The van der Waals surface area contributed by atoms with E-state index < -0.39 is 0 Å². The van der Waals surface area contributed by atoms with E-state index in [-0.39, 0.29) is 5.91 Å². The normalized spacial score (nSPS) is 12.4. The zero-order valence-electron chi connectivity index (χ0n) is 18.4. The summed E-state index contributed by atoms with van der Waals surface area (Å²) in [6.45, 7) is 3.73. The van der Waals surface area contributed by atoms with Crippen molar-refractivity contribution in [3.05, 3.63) is 53.7 Å². The maximum absolute atomic E-state index is 11.0. The standard InChI is InChI=1S/C24H22ClN5O3S/c1-14(31)26-7-8-27-16-12-21-23(28-13-16)24(30-34-21)29-18-4-2-3-17(22(18)25)15-5-6-19-20(11-15)33-10-9-32-19/h2-6,11-13,27H,7-10H2,1H3,(H,26,31)(H,29,30). The van der Waals surface area contributed by atoms with Crippen LogP contribution in [0.1, 0.15) is 6.92 Å². The molecule has 1 aliphatic rings. The maximum atomic E-state index is 11.0. The minimum Gasteiger partial charge on any atom is -0.486 e. The molecule has 8 nitrogen and oxygen atoms in total. The molecule has 0 radical (unpaired) electrons. The molecular formula is C24H22ClN5O3S. The molecule has 174 valence electrons. The summed E-state index contributed by atoms with van der Waals surface area (Å²) >= 11 is 8.15. The quantitative estimate of drug-likeness (QED) is 0.308. The lowest BCUT2D eigenvalue weighted by Gasteiger charge is -2.19. The number of ether oxygens (including phenoxy) is 2. The topological polar surface area (TPSA) is 97.4 Å². The fourth-order valence-electron chi connectivity index (χ4n) is 3.64. The van der Waals surface area contributed by atoms with E-state index in [9.17, 15) is 4.79 Å². The van der Waals surface area contributed by atoms with Crippen molar-refractivity contribution in [1.82, 2.24) is 14.7 Å². The first-order valence-electron chi connectivity index (χ1n) is 10.8. The minimum absolute atomic E-state index is 0.0507. The molecule has 4 aromatic rings. The Morgan fingerprint density at radius 1 is 1.12 bits per heavy atom. The molecule has 0 unspecified atom stereocenters. The van der Waals surface area contributed by atoms with Crippen LogP contribution in [0.15, 0.2) is 48.7 Å². The SMILES string of the molecule is CC(=O)NCCNc1cnc2c(Nc3cccc(-c4ccc5c(c4)OCCO5)c3Cl)nsc2c1. The predicted octanol–water partition coefficient (Wildman–Crippen LogP) is 5.07. The number of benzene rings is 2. The first kappa shape index (κ1) is 22.2. The molecule has 1 aliphatic heterocycles. The second-order valence-electron chi connectivity index (χ2n) is 7.66. The monoisotopic (exact) mass is 495 g/mol. The fourth-order valence-corrected chi connectivity index (χ4v) is 4.66. The molecule has 3 heterocycles. The van der Waals surface area contributed by atoms with Crippen molar-refractivity contribution < 1.29 is 14.3 Å². The van der Waals surface area contributed by atoms with Crippen LogP contribution >= 0.6 is 23.1 Å². The lowest BCUT2D eigenvalue weighted by Crippen LogP contribution is -2.26. The van der Waals surface area contributed by atoms with Crippen LogP contribution in [0.25, 0.3) is 21.3 Å². The van der Waals surface area contributed by atoms with E-state index in [1.165, 1.54) is 18.5 Å². The third-order valence-electron chi connectivity index (χ3n) is 5.25. The summed E-state index contributed by atoms with van der Waals surface area (Å²) in [5.74, 6) is 2.05. The number of nitrogens with zero attached hydrogens (tertiary/aromatic N) is 2. The number of carbonyl (C=O) groups excluding carboxylic acids is 1. The van der Waals surface area contributed by atoms with Gasteiger partial charge in [0, 0.05) is 25.6 Å². The Kier molecular flexibility index (Phi) is 6.37. The van der Waals surface area contributed by atoms with Gasteiger partial charge >= 0.3 is 0 Å². The zero-order chi connectivity index (χ0) is 23.5. The summed E-state index contributed by atoms with van der Waals surface area (Å²) in [6.07, 6.45) is 1.75. The van der Waals surface area contributed by atoms with Crippen LogP contribution in [0.2, 0.25) is 5.02 Å². The molecular weight excluding hydrogens is 474 g/mol. The summed E-state index contributed by atoms with van der Waals surface area (Å²) < 4.78 is 16.8. The van der Waals surface area contributed by atoms with Crippen molar-refractivity contribution in [2.75, 3.05) is 36.9 Å². The lowest BCUT2D eigenvalue weighted by atomic mass is 10.0. The van der Waals surface area contributed by atoms with Crippen LogP contribution < -0.4 is 25.4 Å². The highest BCUT2D eigenvalue weighted by atomic mass is 35.5. The third kappa shape index (κ3) is 4.71. The number of rotatable bonds is 7. The van der Waals surface area contributed by atoms with E-state index in [4.69, 9.17) is 21.1 Å². The van der Waals surface area contributed by atoms with Gasteiger partial charge in [-0.15, -0.1) is 0 Å². The van der Waals surface area contributed by atoms with Gasteiger partial charge in [-0.1, -0.05) is 29.8 Å². The number of hydrogen-bond donors (Lipinski definition) is 3. The number of aromatic nitrogens is 2.